The zero-order valence-electron chi connectivity index (χ0n) is 16.9. The van der Waals surface area contributed by atoms with Crippen LogP contribution in [0.15, 0.2) is 48.5 Å². The summed E-state index contributed by atoms with van der Waals surface area (Å²) in [7, 11) is 0. The second-order valence-electron chi connectivity index (χ2n) is 7.98. The first-order chi connectivity index (χ1) is 14.0. The molecule has 0 N–H and O–H groups in total. The van der Waals surface area contributed by atoms with Crippen molar-refractivity contribution in [3.8, 4) is 26.6 Å². The Morgan fingerprint density at radius 3 is 2.41 bits per heavy atom. The molecule has 4 heteroatoms. The lowest BCUT2D eigenvalue weighted by Crippen LogP contribution is -2.11. The van der Waals surface area contributed by atoms with Crippen LogP contribution in [0.2, 0.25) is 0 Å². The minimum absolute atomic E-state index is 0.239. The van der Waals surface area contributed by atoms with Crippen molar-refractivity contribution in [1.29, 1.82) is 0 Å². The summed E-state index contributed by atoms with van der Waals surface area (Å²) in [5, 5.41) is 0.782. The highest BCUT2D eigenvalue weighted by atomic mass is 32.1. The highest BCUT2D eigenvalue weighted by Crippen LogP contribution is 2.39. The van der Waals surface area contributed by atoms with Gasteiger partial charge in [0, 0.05) is 16.0 Å². The van der Waals surface area contributed by atoms with Crippen LogP contribution in [0.25, 0.3) is 21.6 Å². The van der Waals surface area contributed by atoms with E-state index >= 15 is 0 Å². The normalized spacial score (nSPS) is 18.9. The lowest BCUT2D eigenvalue weighted by molar-refractivity contribution is 0.210. The standard InChI is InChI=1S/C25H26F2OS/c1-3-4-17-7-10-19(15-17)28-23-14-13-22(29-23)21-12-11-20(24(26)25(21)27)18-8-5-16(2)6-9-18/h5-6,8-9,11-14,17,19H,3-4,7,10,15H2,1-2H3. The van der Waals surface area contributed by atoms with Gasteiger partial charge in [0.1, 0.15) is 0 Å². The van der Waals surface area contributed by atoms with E-state index in [1.54, 1.807) is 12.1 Å². The van der Waals surface area contributed by atoms with Crippen LogP contribution in [-0.4, -0.2) is 6.10 Å². The van der Waals surface area contributed by atoms with Crippen LogP contribution in [0.3, 0.4) is 0 Å². The average molecular weight is 413 g/mol. The predicted octanol–water partition coefficient (Wildman–Crippen LogP) is 8.02. The zero-order chi connectivity index (χ0) is 20.4. The van der Waals surface area contributed by atoms with Crippen LogP contribution in [0, 0.1) is 24.5 Å². The molecule has 4 rings (SSSR count). The van der Waals surface area contributed by atoms with Gasteiger partial charge in [0.15, 0.2) is 16.7 Å². The Hall–Kier alpha value is -2.20. The number of rotatable bonds is 6. The van der Waals surface area contributed by atoms with Crippen LogP contribution in [0.1, 0.15) is 44.6 Å². The fraction of sp³-hybridized carbons (Fsp3) is 0.360. The van der Waals surface area contributed by atoms with Gasteiger partial charge < -0.3 is 4.74 Å². The van der Waals surface area contributed by atoms with E-state index in [1.807, 2.05) is 43.3 Å². The molecule has 0 radical (unpaired) electrons. The number of hydrogen-bond donors (Lipinski definition) is 0. The van der Waals surface area contributed by atoms with Gasteiger partial charge in [-0.05, 0) is 55.9 Å². The van der Waals surface area contributed by atoms with Crippen LogP contribution in [0.5, 0.6) is 5.06 Å². The number of aryl methyl sites for hydroxylation is 1. The molecular formula is C25H26F2OS. The molecule has 2 aromatic carbocycles. The maximum Gasteiger partial charge on any atom is 0.174 e. The maximum atomic E-state index is 14.9. The third-order valence-corrected chi connectivity index (χ3v) is 6.77. The SMILES string of the molecule is CCCC1CCC(Oc2ccc(-c3ccc(-c4ccc(C)cc4)c(F)c3F)s2)C1. The fourth-order valence-electron chi connectivity index (χ4n) is 4.19. The van der Waals surface area contributed by atoms with E-state index in [9.17, 15) is 8.78 Å². The summed E-state index contributed by atoms with van der Waals surface area (Å²) in [6.45, 7) is 4.19. The van der Waals surface area contributed by atoms with Crippen molar-refractivity contribution < 1.29 is 13.5 Å². The van der Waals surface area contributed by atoms with Crippen LogP contribution in [0.4, 0.5) is 8.78 Å². The third-order valence-electron chi connectivity index (χ3n) is 5.76. The quantitative estimate of drug-likeness (QED) is 0.398. The van der Waals surface area contributed by atoms with Gasteiger partial charge in [-0.2, -0.15) is 0 Å². The number of halogens is 2. The summed E-state index contributed by atoms with van der Waals surface area (Å²) in [4.78, 5) is 0.690. The Morgan fingerprint density at radius 1 is 0.931 bits per heavy atom. The molecule has 1 heterocycles. The van der Waals surface area contributed by atoms with Crippen molar-refractivity contribution in [3.63, 3.8) is 0 Å². The Balaban J connectivity index is 1.52. The summed E-state index contributed by atoms with van der Waals surface area (Å²) in [5.74, 6) is -0.855. The van der Waals surface area contributed by atoms with Crippen molar-refractivity contribution in [2.24, 2.45) is 5.92 Å². The molecule has 29 heavy (non-hydrogen) atoms. The second kappa shape index (κ2) is 8.66. The van der Waals surface area contributed by atoms with Gasteiger partial charge in [0.05, 0.1) is 6.10 Å². The lowest BCUT2D eigenvalue weighted by Gasteiger charge is -2.12. The summed E-state index contributed by atoms with van der Waals surface area (Å²) in [6, 6.07) is 14.4. The monoisotopic (exact) mass is 412 g/mol. The van der Waals surface area contributed by atoms with E-state index in [-0.39, 0.29) is 17.2 Å². The second-order valence-corrected chi connectivity index (χ2v) is 9.03. The number of hydrogen-bond acceptors (Lipinski definition) is 2. The molecule has 2 atom stereocenters. The summed E-state index contributed by atoms with van der Waals surface area (Å²) < 4.78 is 35.8. The molecule has 152 valence electrons. The highest BCUT2D eigenvalue weighted by Gasteiger charge is 2.26. The van der Waals surface area contributed by atoms with Gasteiger partial charge in [-0.3, -0.25) is 0 Å². The van der Waals surface area contributed by atoms with Gasteiger partial charge in [-0.15, -0.1) is 0 Å². The van der Waals surface area contributed by atoms with E-state index in [0.29, 0.717) is 10.4 Å². The van der Waals surface area contributed by atoms with Crippen molar-refractivity contribution in [1.82, 2.24) is 0 Å². The molecule has 0 bridgehead atoms. The molecule has 1 aromatic heterocycles. The molecule has 1 aliphatic carbocycles. The Labute approximate surface area is 175 Å². The van der Waals surface area contributed by atoms with E-state index in [4.69, 9.17) is 4.74 Å². The molecule has 1 fully saturated rings. The minimum Gasteiger partial charge on any atom is -0.481 e. The molecule has 1 nitrogen and oxygen atoms in total. The molecule has 1 aliphatic rings. The lowest BCUT2D eigenvalue weighted by atomic mass is 10.0. The first kappa shape index (κ1) is 20.1. The topological polar surface area (TPSA) is 9.23 Å². The fourth-order valence-corrected chi connectivity index (χ4v) is 5.14. The Bertz CT molecular complexity index is 977. The number of ether oxygens (including phenoxy) is 1. The van der Waals surface area contributed by atoms with Gasteiger partial charge in [0.2, 0.25) is 0 Å². The van der Waals surface area contributed by atoms with Crippen LogP contribution >= 0.6 is 11.3 Å². The zero-order valence-corrected chi connectivity index (χ0v) is 17.7. The Morgan fingerprint density at radius 2 is 1.66 bits per heavy atom. The number of benzene rings is 2. The molecule has 0 spiro atoms. The molecule has 2 unspecified atom stereocenters. The molecule has 0 amide bonds. The molecular weight excluding hydrogens is 386 g/mol. The van der Waals surface area contributed by atoms with Crippen LogP contribution < -0.4 is 4.74 Å². The van der Waals surface area contributed by atoms with Crippen molar-refractivity contribution in [2.45, 2.75) is 52.1 Å². The summed E-state index contributed by atoms with van der Waals surface area (Å²) in [5.41, 5.74) is 2.33. The van der Waals surface area contributed by atoms with E-state index in [2.05, 4.69) is 6.92 Å². The number of thiophene rings is 1. The van der Waals surface area contributed by atoms with E-state index in [1.165, 1.54) is 30.6 Å². The molecule has 1 saturated carbocycles. The van der Waals surface area contributed by atoms with Gasteiger partial charge in [0.25, 0.3) is 0 Å². The highest BCUT2D eigenvalue weighted by molar-refractivity contribution is 7.17. The average Bonchev–Trinajstić information content (AvgIpc) is 3.35. The molecule has 3 aromatic rings. The van der Waals surface area contributed by atoms with Gasteiger partial charge in [-0.25, -0.2) is 8.78 Å². The smallest absolute Gasteiger partial charge is 0.174 e. The summed E-state index contributed by atoms with van der Waals surface area (Å²) in [6.07, 6.45) is 6.10. The molecule has 0 saturated heterocycles. The molecule has 0 aliphatic heterocycles. The maximum absolute atomic E-state index is 14.9. The van der Waals surface area contributed by atoms with Gasteiger partial charge in [-0.1, -0.05) is 67.0 Å². The van der Waals surface area contributed by atoms with Gasteiger partial charge >= 0.3 is 0 Å². The third kappa shape index (κ3) is 4.37. The van der Waals surface area contributed by atoms with Crippen LogP contribution in [-0.2, 0) is 0 Å². The first-order valence-electron chi connectivity index (χ1n) is 10.4. The predicted molar refractivity (Wildman–Crippen MR) is 117 cm³/mol. The first-order valence-corrected chi connectivity index (χ1v) is 11.2. The van der Waals surface area contributed by atoms with Crippen molar-refractivity contribution in [2.75, 3.05) is 0 Å². The van der Waals surface area contributed by atoms with Crippen molar-refractivity contribution in [3.05, 3.63) is 65.7 Å². The van der Waals surface area contributed by atoms with Crippen molar-refractivity contribution >= 4 is 11.3 Å². The Kier molecular flexibility index (Phi) is 6.00. The van der Waals surface area contributed by atoms with E-state index < -0.39 is 11.6 Å². The summed E-state index contributed by atoms with van der Waals surface area (Å²) >= 11 is 1.39. The van der Waals surface area contributed by atoms with E-state index in [0.717, 1.165) is 29.4 Å². The largest absolute Gasteiger partial charge is 0.481 e. The minimum atomic E-state index is -0.805.